The van der Waals surface area contributed by atoms with Crippen LogP contribution in [-0.4, -0.2) is 52.6 Å². The summed E-state index contributed by atoms with van der Waals surface area (Å²) in [6.07, 6.45) is 16.0. The molecular weight excluding hydrogens is 647 g/mol. The van der Waals surface area contributed by atoms with E-state index in [1.807, 2.05) is 0 Å². The molecule has 0 saturated heterocycles. The van der Waals surface area contributed by atoms with Gasteiger partial charge in [0.15, 0.2) is 5.82 Å². The molecule has 2 aromatic carbocycles. The molecule has 4 aromatic rings. The van der Waals surface area contributed by atoms with Crippen molar-refractivity contribution < 1.29 is 9.05 Å². The normalized spacial score (nSPS) is 32.6. The second kappa shape index (κ2) is 13.4. The van der Waals surface area contributed by atoms with Crippen molar-refractivity contribution in [1.29, 1.82) is 0 Å². The minimum absolute atomic E-state index is 0.0505. The van der Waals surface area contributed by atoms with Gasteiger partial charge in [0.05, 0.1) is 5.69 Å². The van der Waals surface area contributed by atoms with E-state index < -0.39 is 0 Å². The van der Waals surface area contributed by atoms with Crippen molar-refractivity contribution in [2.24, 2.45) is 5.73 Å². The second-order valence-corrected chi connectivity index (χ2v) is 17.6. The van der Waals surface area contributed by atoms with Crippen LogP contribution >= 0.6 is 0 Å². The van der Waals surface area contributed by atoms with Gasteiger partial charge < -0.3 is 30.7 Å². The summed E-state index contributed by atoms with van der Waals surface area (Å²) in [5, 5.41) is 20.8. The van der Waals surface area contributed by atoms with E-state index in [2.05, 4.69) is 86.9 Å². The van der Waals surface area contributed by atoms with Crippen molar-refractivity contribution in [2.45, 2.75) is 149 Å². The first-order valence-corrected chi connectivity index (χ1v) is 20.5. The number of anilines is 1. The van der Waals surface area contributed by atoms with E-state index in [4.69, 9.17) is 19.8 Å². The Bertz CT molecular complexity index is 1830. The van der Waals surface area contributed by atoms with Crippen molar-refractivity contribution >= 4 is 5.69 Å². The van der Waals surface area contributed by atoms with E-state index in [1.54, 1.807) is 0 Å². The monoisotopic (exact) mass is 701 g/mol. The molecule has 0 spiro atoms. The van der Waals surface area contributed by atoms with Crippen molar-refractivity contribution in [3.63, 3.8) is 0 Å². The lowest BCUT2D eigenvalue weighted by Crippen LogP contribution is -2.30. The fourth-order valence-corrected chi connectivity index (χ4v) is 9.57. The van der Waals surface area contributed by atoms with Gasteiger partial charge >= 0.3 is 0 Å². The Morgan fingerprint density at radius 2 is 1.35 bits per heavy atom. The van der Waals surface area contributed by atoms with Gasteiger partial charge in [-0.1, -0.05) is 52.8 Å². The Balaban J connectivity index is 0.677. The third-order valence-corrected chi connectivity index (χ3v) is 13.8. The molecular formula is C43H55N7O2. The van der Waals surface area contributed by atoms with Crippen LogP contribution in [-0.2, 0) is 10.8 Å². The molecule has 0 amide bonds. The maximum Gasteiger partial charge on any atom is 0.229 e. The largest absolute Gasteiger partial charge is 0.382 e. The highest BCUT2D eigenvalue weighted by molar-refractivity contribution is 5.49. The summed E-state index contributed by atoms with van der Waals surface area (Å²) in [5.74, 6) is 4.93. The second-order valence-electron chi connectivity index (χ2n) is 17.6. The number of aromatic nitrogens is 3. The lowest BCUT2D eigenvalue weighted by Gasteiger charge is -2.28. The molecule has 0 bridgehead atoms. The SMILES string of the molecule is N[C@H]1CC[C@H](c2nc(C3(CN[C@@H]4C[C@H]4c4cccc(N[C@H]5CC[C@H](c6cc(C7(CN[C@@H]8C[C@H]8c8ccccc8)CC7)no6)CC5)c4)CC3)no2)CC1. The highest BCUT2D eigenvalue weighted by atomic mass is 16.5. The molecule has 52 heavy (non-hydrogen) atoms. The Hall–Kier alpha value is -3.53. The van der Waals surface area contributed by atoms with E-state index in [0.717, 1.165) is 94.8 Å². The third kappa shape index (κ3) is 6.85. The maximum absolute atomic E-state index is 6.11. The van der Waals surface area contributed by atoms with Crippen LogP contribution in [0.25, 0.3) is 0 Å². The lowest BCUT2D eigenvalue weighted by molar-refractivity contribution is 0.298. The van der Waals surface area contributed by atoms with Crippen LogP contribution in [0, 0.1) is 0 Å². The van der Waals surface area contributed by atoms with Gasteiger partial charge in [-0.2, -0.15) is 4.98 Å². The average Bonchev–Trinajstić information content (AvgIpc) is 4.08. The summed E-state index contributed by atoms with van der Waals surface area (Å²) in [6, 6.07) is 24.3. The Morgan fingerprint density at radius 3 is 2.08 bits per heavy atom. The molecule has 9 nitrogen and oxygen atoms in total. The summed E-state index contributed by atoms with van der Waals surface area (Å²) in [4.78, 5) is 4.92. The van der Waals surface area contributed by atoms with Gasteiger partial charge in [0.2, 0.25) is 5.89 Å². The van der Waals surface area contributed by atoms with E-state index in [-0.39, 0.29) is 10.8 Å². The van der Waals surface area contributed by atoms with Crippen LogP contribution in [0.5, 0.6) is 0 Å². The number of nitrogens with zero attached hydrogens (tertiary/aromatic N) is 3. The van der Waals surface area contributed by atoms with Crippen LogP contribution in [0.1, 0.15) is 148 Å². The number of hydrogen-bond acceptors (Lipinski definition) is 9. The van der Waals surface area contributed by atoms with Crippen molar-refractivity contribution in [3.05, 3.63) is 95.0 Å². The van der Waals surface area contributed by atoms with E-state index in [1.165, 1.54) is 48.2 Å². The zero-order valence-electron chi connectivity index (χ0n) is 30.4. The van der Waals surface area contributed by atoms with E-state index in [0.29, 0.717) is 47.8 Å². The van der Waals surface area contributed by atoms with Crippen LogP contribution in [0.4, 0.5) is 5.69 Å². The van der Waals surface area contributed by atoms with Gasteiger partial charge in [-0.25, -0.2) is 0 Å². The zero-order chi connectivity index (χ0) is 34.7. The van der Waals surface area contributed by atoms with E-state index >= 15 is 0 Å². The van der Waals surface area contributed by atoms with Gasteiger partial charge in [-0.3, -0.25) is 0 Å². The number of rotatable bonds is 14. The fraction of sp³-hybridized carbons (Fsp3) is 0.605. The topological polar surface area (TPSA) is 127 Å². The van der Waals surface area contributed by atoms with Crippen molar-refractivity contribution in [3.8, 4) is 0 Å². The number of hydrogen-bond donors (Lipinski definition) is 4. The molecule has 0 aliphatic heterocycles. The summed E-state index contributed by atoms with van der Waals surface area (Å²) >= 11 is 0. The summed E-state index contributed by atoms with van der Waals surface area (Å²) in [5.41, 5.74) is 11.7. The molecule has 0 unspecified atom stereocenters. The minimum atomic E-state index is 0.0505. The number of benzene rings is 2. The standard InChI is InChI=1S/C43H55N7O2/c44-31-13-9-29(10-14-31)40-48-41(50-52-40)43(19-20-43)26-46-37-23-35(37)30-7-4-8-33(21-30)47-32-15-11-28(12-16-32)38-24-39(49-51-38)42(17-18-42)25-45-36-22-34(36)27-5-2-1-3-6-27/h1-8,21,24,28-29,31-32,34-37,45-47H,9-20,22-23,25-26,44H2/t28-,29-,31-,32-,34-,35-,36+,37+/m0/s1. The Labute approximate surface area is 307 Å². The first-order chi connectivity index (χ1) is 25.5. The molecule has 6 aliphatic rings. The van der Waals surface area contributed by atoms with E-state index in [9.17, 15) is 0 Å². The molecule has 2 heterocycles. The summed E-state index contributed by atoms with van der Waals surface area (Å²) in [6.45, 7) is 1.95. The lowest BCUT2D eigenvalue weighted by atomic mass is 9.84. The predicted octanol–water partition coefficient (Wildman–Crippen LogP) is 7.54. The third-order valence-electron chi connectivity index (χ3n) is 13.8. The fourth-order valence-electron chi connectivity index (χ4n) is 9.57. The molecule has 2 aromatic heterocycles. The highest BCUT2D eigenvalue weighted by Gasteiger charge is 2.51. The molecule has 6 fully saturated rings. The van der Waals surface area contributed by atoms with Crippen LogP contribution < -0.4 is 21.7 Å². The first-order valence-electron chi connectivity index (χ1n) is 20.5. The molecule has 274 valence electrons. The molecule has 6 aliphatic carbocycles. The quantitative estimate of drug-likeness (QED) is 0.106. The number of nitrogens with two attached hydrogens (primary N) is 1. The van der Waals surface area contributed by atoms with Crippen LogP contribution in [0.15, 0.2) is 69.7 Å². The molecule has 0 radical (unpaired) electrons. The zero-order valence-corrected chi connectivity index (χ0v) is 30.4. The minimum Gasteiger partial charge on any atom is -0.382 e. The van der Waals surface area contributed by atoms with Gasteiger partial charge in [0.1, 0.15) is 5.76 Å². The molecule has 6 saturated carbocycles. The number of nitrogens with one attached hydrogen (secondary N) is 3. The average molecular weight is 702 g/mol. The Morgan fingerprint density at radius 1 is 0.673 bits per heavy atom. The van der Waals surface area contributed by atoms with Gasteiger partial charge in [-0.15, -0.1) is 0 Å². The predicted molar refractivity (Wildman–Crippen MR) is 202 cm³/mol. The molecule has 5 N–H and O–H groups in total. The van der Waals surface area contributed by atoms with Gasteiger partial charge in [0.25, 0.3) is 0 Å². The smallest absolute Gasteiger partial charge is 0.229 e. The van der Waals surface area contributed by atoms with Crippen molar-refractivity contribution in [1.82, 2.24) is 25.9 Å². The summed E-state index contributed by atoms with van der Waals surface area (Å²) < 4.78 is 11.8. The first kappa shape index (κ1) is 33.1. The van der Waals surface area contributed by atoms with Crippen LogP contribution in [0.3, 0.4) is 0 Å². The van der Waals surface area contributed by atoms with Crippen molar-refractivity contribution in [2.75, 3.05) is 18.4 Å². The van der Waals surface area contributed by atoms with Gasteiger partial charge in [0, 0.05) is 83.5 Å². The molecule has 10 rings (SSSR count). The molecule has 9 heteroatoms. The maximum atomic E-state index is 6.11. The Kier molecular flexibility index (Phi) is 8.52. The van der Waals surface area contributed by atoms with Crippen LogP contribution in [0.2, 0.25) is 0 Å². The highest BCUT2D eigenvalue weighted by Crippen LogP contribution is 2.51. The van der Waals surface area contributed by atoms with Gasteiger partial charge in [-0.05, 0) is 113 Å². The summed E-state index contributed by atoms with van der Waals surface area (Å²) in [7, 11) is 0. The molecule has 4 atom stereocenters.